The summed E-state index contributed by atoms with van der Waals surface area (Å²) in [6.07, 6.45) is 0.888. The summed E-state index contributed by atoms with van der Waals surface area (Å²) in [7, 11) is 0. The molecule has 0 unspecified atom stereocenters. The summed E-state index contributed by atoms with van der Waals surface area (Å²) in [6.45, 7) is 8.75. The van der Waals surface area contributed by atoms with Crippen molar-refractivity contribution >= 4 is 6.29 Å². The van der Waals surface area contributed by atoms with Crippen molar-refractivity contribution in [2.75, 3.05) is 0 Å². The average Bonchev–Trinajstić information content (AvgIpc) is 2.59. The summed E-state index contributed by atoms with van der Waals surface area (Å²) in [5.41, 5.74) is 6.24. The lowest BCUT2D eigenvalue weighted by atomic mass is 10.0. The van der Waals surface area contributed by atoms with E-state index in [9.17, 15) is 4.79 Å². The quantitative estimate of drug-likeness (QED) is 0.775. The van der Waals surface area contributed by atoms with Crippen LogP contribution in [0.2, 0.25) is 0 Å². The third-order valence-electron chi connectivity index (χ3n) is 3.51. The highest BCUT2D eigenvalue weighted by atomic mass is 16.1. The minimum atomic E-state index is 0.709. The molecule has 1 heterocycles. The Labute approximate surface area is 107 Å². The standard InChI is InChI=1S/C15H18N2O/c1-10-6-5-7-11(2)14(10)8-17-13(4)15(9-18)12(3)16-17/h5-7,9H,8H2,1-4H3. The van der Waals surface area contributed by atoms with E-state index in [0.29, 0.717) is 5.56 Å². The van der Waals surface area contributed by atoms with Gasteiger partial charge in [-0.15, -0.1) is 0 Å². The molecule has 1 aromatic heterocycles. The molecular formula is C15H18N2O. The van der Waals surface area contributed by atoms with Gasteiger partial charge in [0.2, 0.25) is 0 Å². The van der Waals surface area contributed by atoms with E-state index in [1.54, 1.807) is 0 Å². The zero-order valence-electron chi connectivity index (χ0n) is 11.3. The first-order valence-electron chi connectivity index (χ1n) is 6.09. The molecule has 0 saturated heterocycles. The first kappa shape index (κ1) is 12.6. The van der Waals surface area contributed by atoms with Gasteiger partial charge in [-0.1, -0.05) is 18.2 Å². The molecule has 0 fully saturated rings. The van der Waals surface area contributed by atoms with Crippen molar-refractivity contribution in [1.29, 1.82) is 0 Å². The second-order valence-electron chi connectivity index (χ2n) is 4.73. The van der Waals surface area contributed by atoms with Gasteiger partial charge < -0.3 is 0 Å². The fourth-order valence-electron chi connectivity index (χ4n) is 2.28. The molecule has 0 bridgehead atoms. The van der Waals surface area contributed by atoms with Gasteiger partial charge in [0.1, 0.15) is 0 Å². The highest BCUT2D eigenvalue weighted by Crippen LogP contribution is 2.17. The van der Waals surface area contributed by atoms with Crippen LogP contribution in [0.3, 0.4) is 0 Å². The Kier molecular flexibility index (Phi) is 3.32. The van der Waals surface area contributed by atoms with Gasteiger partial charge in [-0.25, -0.2) is 0 Å². The van der Waals surface area contributed by atoms with Gasteiger partial charge in [0.15, 0.2) is 6.29 Å². The van der Waals surface area contributed by atoms with E-state index < -0.39 is 0 Å². The minimum Gasteiger partial charge on any atom is -0.298 e. The van der Waals surface area contributed by atoms with Crippen LogP contribution in [-0.4, -0.2) is 16.1 Å². The third-order valence-corrected chi connectivity index (χ3v) is 3.51. The smallest absolute Gasteiger partial charge is 0.153 e. The predicted molar refractivity (Wildman–Crippen MR) is 72.1 cm³/mol. The molecule has 0 spiro atoms. The van der Waals surface area contributed by atoms with Gasteiger partial charge in [-0.2, -0.15) is 5.10 Å². The number of carbonyl (C=O) groups excluding carboxylic acids is 1. The van der Waals surface area contributed by atoms with E-state index in [2.05, 4.69) is 37.1 Å². The summed E-state index contributed by atoms with van der Waals surface area (Å²) < 4.78 is 1.91. The maximum absolute atomic E-state index is 11.0. The molecule has 18 heavy (non-hydrogen) atoms. The molecule has 2 aromatic rings. The lowest BCUT2D eigenvalue weighted by Crippen LogP contribution is -2.07. The second kappa shape index (κ2) is 4.77. The monoisotopic (exact) mass is 242 g/mol. The molecule has 0 N–H and O–H groups in total. The number of rotatable bonds is 3. The molecule has 0 aliphatic carbocycles. The SMILES string of the molecule is Cc1cccc(C)c1Cn1nc(C)c(C=O)c1C. The van der Waals surface area contributed by atoms with Gasteiger partial charge in [0.05, 0.1) is 17.8 Å². The summed E-state index contributed by atoms with van der Waals surface area (Å²) >= 11 is 0. The first-order valence-corrected chi connectivity index (χ1v) is 6.09. The number of benzene rings is 1. The second-order valence-corrected chi connectivity index (χ2v) is 4.73. The van der Waals surface area contributed by atoms with Gasteiger partial charge in [0.25, 0.3) is 0 Å². The van der Waals surface area contributed by atoms with Crippen molar-refractivity contribution in [3.63, 3.8) is 0 Å². The fraction of sp³-hybridized carbons (Fsp3) is 0.333. The summed E-state index contributed by atoms with van der Waals surface area (Å²) in [5, 5.41) is 4.44. The van der Waals surface area contributed by atoms with Crippen LogP contribution in [0.25, 0.3) is 0 Å². The number of carbonyl (C=O) groups is 1. The Hall–Kier alpha value is -1.90. The molecule has 1 aromatic carbocycles. The summed E-state index contributed by atoms with van der Waals surface area (Å²) in [6, 6.07) is 6.27. The third kappa shape index (κ3) is 2.08. The van der Waals surface area contributed by atoms with Crippen molar-refractivity contribution in [3.8, 4) is 0 Å². The summed E-state index contributed by atoms with van der Waals surface area (Å²) in [4.78, 5) is 11.0. The van der Waals surface area contributed by atoms with Crippen LogP contribution in [-0.2, 0) is 6.54 Å². The average molecular weight is 242 g/mol. The Balaban J connectivity index is 2.44. The largest absolute Gasteiger partial charge is 0.298 e. The van der Waals surface area contributed by atoms with Crippen LogP contribution < -0.4 is 0 Å². The van der Waals surface area contributed by atoms with Crippen LogP contribution in [0.1, 0.15) is 38.4 Å². The van der Waals surface area contributed by atoms with Crippen molar-refractivity contribution in [3.05, 3.63) is 51.8 Å². The maximum Gasteiger partial charge on any atom is 0.153 e. The van der Waals surface area contributed by atoms with Crippen LogP contribution in [0, 0.1) is 27.7 Å². The van der Waals surface area contributed by atoms with Crippen molar-refractivity contribution in [1.82, 2.24) is 9.78 Å². The molecule has 2 rings (SSSR count). The molecule has 94 valence electrons. The Morgan fingerprint density at radius 1 is 1.17 bits per heavy atom. The normalized spacial score (nSPS) is 10.7. The lowest BCUT2D eigenvalue weighted by molar-refractivity contribution is 0.112. The van der Waals surface area contributed by atoms with Crippen LogP contribution >= 0.6 is 0 Å². The van der Waals surface area contributed by atoms with E-state index in [1.165, 1.54) is 16.7 Å². The molecule has 0 aliphatic rings. The first-order chi connectivity index (χ1) is 8.54. The number of hydrogen-bond donors (Lipinski definition) is 0. The fourth-order valence-corrected chi connectivity index (χ4v) is 2.28. The molecule has 0 radical (unpaired) electrons. The van der Waals surface area contributed by atoms with Crippen molar-refractivity contribution in [2.24, 2.45) is 0 Å². The number of nitrogens with zero attached hydrogens (tertiary/aromatic N) is 2. The van der Waals surface area contributed by atoms with Crippen LogP contribution in [0.5, 0.6) is 0 Å². The Morgan fingerprint density at radius 3 is 2.28 bits per heavy atom. The van der Waals surface area contributed by atoms with Crippen molar-refractivity contribution in [2.45, 2.75) is 34.2 Å². The van der Waals surface area contributed by atoms with Gasteiger partial charge >= 0.3 is 0 Å². The Morgan fingerprint density at radius 2 is 1.78 bits per heavy atom. The number of aromatic nitrogens is 2. The number of aryl methyl sites for hydroxylation is 3. The van der Waals surface area contributed by atoms with Crippen molar-refractivity contribution < 1.29 is 4.79 Å². The molecule has 0 atom stereocenters. The topological polar surface area (TPSA) is 34.9 Å². The number of hydrogen-bond acceptors (Lipinski definition) is 2. The highest BCUT2D eigenvalue weighted by molar-refractivity contribution is 5.78. The maximum atomic E-state index is 11.0. The molecule has 0 aliphatic heterocycles. The Bertz CT molecular complexity index is 577. The van der Waals surface area contributed by atoms with E-state index in [1.807, 2.05) is 18.5 Å². The van der Waals surface area contributed by atoms with Gasteiger partial charge in [-0.05, 0) is 44.4 Å². The summed E-state index contributed by atoms with van der Waals surface area (Å²) in [5.74, 6) is 0. The van der Waals surface area contributed by atoms with E-state index >= 15 is 0 Å². The molecular weight excluding hydrogens is 224 g/mol. The zero-order valence-corrected chi connectivity index (χ0v) is 11.3. The predicted octanol–water partition coefficient (Wildman–Crippen LogP) is 2.98. The molecule has 0 amide bonds. The lowest BCUT2D eigenvalue weighted by Gasteiger charge is -2.11. The highest BCUT2D eigenvalue weighted by Gasteiger charge is 2.12. The van der Waals surface area contributed by atoms with E-state index in [-0.39, 0.29) is 0 Å². The molecule has 3 nitrogen and oxygen atoms in total. The van der Waals surface area contributed by atoms with Gasteiger partial charge in [-0.3, -0.25) is 9.48 Å². The van der Waals surface area contributed by atoms with E-state index in [4.69, 9.17) is 0 Å². The minimum absolute atomic E-state index is 0.709. The molecule has 0 saturated carbocycles. The van der Waals surface area contributed by atoms with E-state index in [0.717, 1.165) is 24.2 Å². The van der Waals surface area contributed by atoms with Crippen LogP contribution in [0.4, 0.5) is 0 Å². The number of aldehydes is 1. The zero-order chi connectivity index (χ0) is 13.3. The van der Waals surface area contributed by atoms with Gasteiger partial charge in [0, 0.05) is 5.69 Å². The molecule has 3 heteroatoms. The van der Waals surface area contributed by atoms with Crippen LogP contribution in [0.15, 0.2) is 18.2 Å².